The van der Waals surface area contributed by atoms with Crippen molar-refractivity contribution < 1.29 is 14.0 Å². The zero-order chi connectivity index (χ0) is 11.4. The molecule has 2 N–H and O–H groups in total. The van der Waals surface area contributed by atoms with Crippen molar-refractivity contribution in [2.75, 3.05) is 13.7 Å². The van der Waals surface area contributed by atoms with Crippen LogP contribution in [0.1, 0.15) is 11.1 Å². The van der Waals surface area contributed by atoms with Crippen LogP contribution in [0.25, 0.3) is 0 Å². The molecule has 0 radical (unpaired) electrons. The average molecular weight is 278 g/mol. The molecule has 3 nitrogen and oxygen atoms in total. The Labute approximate surface area is 96.4 Å². The van der Waals surface area contributed by atoms with E-state index in [2.05, 4.69) is 20.8 Å². The lowest BCUT2D eigenvalue weighted by atomic mass is 10.1. The predicted molar refractivity (Wildman–Crippen MR) is 59.2 cm³/mol. The Hall–Kier alpha value is -0.650. The Morgan fingerprint density at radius 1 is 1.53 bits per heavy atom. The van der Waals surface area contributed by atoms with Gasteiger partial charge in [0.05, 0.1) is 18.2 Å². The third kappa shape index (κ3) is 2.68. The van der Waals surface area contributed by atoms with Gasteiger partial charge in [-0.05, 0) is 34.0 Å². The summed E-state index contributed by atoms with van der Waals surface area (Å²) in [5.41, 5.74) is 1.46. The number of benzene rings is 1. The average Bonchev–Trinajstić information content (AvgIpc) is 2.22. The smallest absolute Gasteiger partial charge is 0.169 e. The normalized spacial score (nSPS) is 10.5. The molecule has 1 rings (SSSR count). The molecule has 1 aromatic carbocycles. The van der Waals surface area contributed by atoms with Gasteiger partial charge in [-0.3, -0.25) is 0 Å². The molecule has 0 saturated heterocycles. The van der Waals surface area contributed by atoms with Crippen molar-refractivity contribution in [1.29, 1.82) is 0 Å². The third-order valence-electron chi connectivity index (χ3n) is 2.11. The maximum absolute atomic E-state index is 13.8. The molecule has 0 spiro atoms. The highest BCUT2D eigenvalue weighted by molar-refractivity contribution is 9.10. The lowest BCUT2D eigenvalue weighted by Crippen LogP contribution is -2.06. The van der Waals surface area contributed by atoms with Gasteiger partial charge in [0.2, 0.25) is 0 Å². The van der Waals surface area contributed by atoms with Crippen LogP contribution < -0.4 is 10.6 Å². The highest BCUT2D eigenvalue weighted by Gasteiger charge is 2.15. The van der Waals surface area contributed by atoms with Gasteiger partial charge in [0.1, 0.15) is 0 Å². The first-order valence-electron chi connectivity index (χ1n) is 4.45. The fourth-order valence-electron chi connectivity index (χ4n) is 1.34. The standard InChI is InChI=1S/C10H13BrFNO2/c1-6-5-7(3-4-15-13)9(12)10(14-2)8(6)11/h5H,3-4,13H2,1-2H3. The maximum atomic E-state index is 13.8. The van der Waals surface area contributed by atoms with Crippen molar-refractivity contribution in [2.24, 2.45) is 5.90 Å². The minimum Gasteiger partial charge on any atom is -0.492 e. The number of aryl methyl sites for hydroxylation is 1. The number of rotatable bonds is 4. The molecule has 1 aromatic rings. The molecule has 0 fully saturated rings. The van der Waals surface area contributed by atoms with Gasteiger partial charge in [0.25, 0.3) is 0 Å². The van der Waals surface area contributed by atoms with Crippen LogP contribution >= 0.6 is 15.9 Å². The monoisotopic (exact) mass is 277 g/mol. The maximum Gasteiger partial charge on any atom is 0.169 e. The summed E-state index contributed by atoms with van der Waals surface area (Å²) < 4.78 is 19.4. The molecule has 15 heavy (non-hydrogen) atoms. The summed E-state index contributed by atoms with van der Waals surface area (Å²) in [5, 5.41) is 0. The van der Waals surface area contributed by atoms with Gasteiger partial charge in [-0.1, -0.05) is 6.07 Å². The first-order chi connectivity index (χ1) is 7.11. The van der Waals surface area contributed by atoms with Crippen molar-refractivity contribution in [1.82, 2.24) is 0 Å². The molecule has 0 aliphatic rings. The molecule has 0 bridgehead atoms. The van der Waals surface area contributed by atoms with E-state index in [1.54, 1.807) is 6.07 Å². The SMILES string of the molecule is COc1c(F)c(CCON)cc(C)c1Br. The molecule has 0 atom stereocenters. The zero-order valence-corrected chi connectivity index (χ0v) is 10.2. The molecule has 0 amide bonds. The van der Waals surface area contributed by atoms with Gasteiger partial charge >= 0.3 is 0 Å². The highest BCUT2D eigenvalue weighted by atomic mass is 79.9. The van der Waals surface area contributed by atoms with Crippen LogP contribution in [0.2, 0.25) is 0 Å². The first-order valence-corrected chi connectivity index (χ1v) is 5.24. The largest absolute Gasteiger partial charge is 0.492 e. The van der Waals surface area contributed by atoms with Crippen molar-refractivity contribution in [3.63, 3.8) is 0 Å². The lowest BCUT2D eigenvalue weighted by Gasteiger charge is -2.11. The van der Waals surface area contributed by atoms with Gasteiger partial charge in [-0.15, -0.1) is 0 Å². The van der Waals surface area contributed by atoms with E-state index in [0.29, 0.717) is 16.5 Å². The van der Waals surface area contributed by atoms with Crippen LogP contribution in [0.4, 0.5) is 4.39 Å². The summed E-state index contributed by atoms with van der Waals surface area (Å²) in [6, 6.07) is 1.75. The summed E-state index contributed by atoms with van der Waals surface area (Å²) in [4.78, 5) is 4.43. The molecular formula is C10H13BrFNO2. The molecule has 0 aliphatic heterocycles. The van der Waals surface area contributed by atoms with E-state index in [1.165, 1.54) is 7.11 Å². The summed E-state index contributed by atoms with van der Waals surface area (Å²) in [6.07, 6.45) is 0.423. The predicted octanol–water partition coefficient (Wildman–Crippen LogP) is 2.34. The van der Waals surface area contributed by atoms with Crippen molar-refractivity contribution in [3.8, 4) is 5.75 Å². The summed E-state index contributed by atoms with van der Waals surface area (Å²) in [7, 11) is 1.44. The summed E-state index contributed by atoms with van der Waals surface area (Å²) >= 11 is 3.27. The van der Waals surface area contributed by atoms with Gasteiger partial charge < -0.3 is 9.57 Å². The third-order valence-corrected chi connectivity index (χ3v) is 3.10. The number of nitrogens with two attached hydrogens (primary N) is 1. The first kappa shape index (κ1) is 12.4. The molecule has 0 saturated carbocycles. The Morgan fingerprint density at radius 2 is 2.20 bits per heavy atom. The minimum atomic E-state index is -0.368. The number of halogens is 2. The van der Waals surface area contributed by atoms with E-state index in [-0.39, 0.29) is 18.2 Å². The van der Waals surface area contributed by atoms with E-state index < -0.39 is 0 Å². The van der Waals surface area contributed by atoms with Crippen LogP contribution in [0.15, 0.2) is 10.5 Å². The fraction of sp³-hybridized carbons (Fsp3) is 0.400. The minimum absolute atomic E-state index is 0.224. The van der Waals surface area contributed by atoms with Crippen LogP contribution in [-0.4, -0.2) is 13.7 Å². The van der Waals surface area contributed by atoms with Crippen molar-refractivity contribution >= 4 is 15.9 Å². The van der Waals surface area contributed by atoms with E-state index in [4.69, 9.17) is 10.6 Å². The Kier molecular flexibility index (Phi) is 4.50. The van der Waals surface area contributed by atoms with Crippen LogP contribution in [0, 0.1) is 12.7 Å². The number of hydrogen-bond donors (Lipinski definition) is 1. The van der Waals surface area contributed by atoms with Crippen molar-refractivity contribution in [3.05, 3.63) is 27.5 Å². The van der Waals surface area contributed by atoms with Gasteiger partial charge in [-0.2, -0.15) is 0 Å². The topological polar surface area (TPSA) is 44.5 Å². The number of methoxy groups -OCH3 is 1. The van der Waals surface area contributed by atoms with Crippen molar-refractivity contribution in [2.45, 2.75) is 13.3 Å². The second-order valence-corrected chi connectivity index (χ2v) is 3.93. The molecular weight excluding hydrogens is 265 g/mol. The molecule has 5 heteroatoms. The van der Waals surface area contributed by atoms with E-state index in [1.807, 2.05) is 6.92 Å². The number of hydrogen-bond acceptors (Lipinski definition) is 3. The van der Waals surface area contributed by atoms with E-state index in [9.17, 15) is 4.39 Å². The second kappa shape index (κ2) is 5.44. The van der Waals surface area contributed by atoms with Gasteiger partial charge in [0, 0.05) is 6.42 Å². The molecule has 0 heterocycles. The fourth-order valence-corrected chi connectivity index (χ4v) is 1.79. The summed E-state index contributed by atoms with van der Waals surface area (Å²) in [5.74, 6) is 4.76. The molecule has 84 valence electrons. The van der Waals surface area contributed by atoms with Gasteiger partial charge in [-0.25, -0.2) is 10.3 Å². The van der Waals surface area contributed by atoms with E-state index >= 15 is 0 Å². The van der Waals surface area contributed by atoms with Crippen LogP contribution in [0.5, 0.6) is 5.75 Å². The quantitative estimate of drug-likeness (QED) is 0.860. The summed E-state index contributed by atoms with van der Waals surface area (Å²) in [6.45, 7) is 2.15. The molecule has 0 aliphatic carbocycles. The Morgan fingerprint density at radius 3 is 2.73 bits per heavy atom. The second-order valence-electron chi connectivity index (χ2n) is 3.13. The van der Waals surface area contributed by atoms with Crippen LogP contribution in [-0.2, 0) is 11.3 Å². The molecule has 0 unspecified atom stereocenters. The van der Waals surface area contributed by atoms with Crippen LogP contribution in [0.3, 0.4) is 0 Å². The van der Waals surface area contributed by atoms with Gasteiger partial charge in [0.15, 0.2) is 11.6 Å². The van der Waals surface area contributed by atoms with E-state index in [0.717, 1.165) is 5.56 Å². The highest BCUT2D eigenvalue weighted by Crippen LogP contribution is 2.33. The lowest BCUT2D eigenvalue weighted by molar-refractivity contribution is 0.140. The Balaban J connectivity index is 3.12. The zero-order valence-electron chi connectivity index (χ0n) is 8.64. The molecule has 0 aromatic heterocycles. The number of ether oxygens (including phenoxy) is 1. The Bertz CT molecular complexity index is 358.